The predicted octanol–water partition coefficient (Wildman–Crippen LogP) is 5.78. The van der Waals surface area contributed by atoms with Crippen LogP contribution >= 0.6 is 11.6 Å². The Morgan fingerprint density at radius 2 is 1.77 bits per heavy atom. The SMILES string of the molecule is Fc1ccc(Nc2cc(C(F)(F)F)nc(NC3CCCCC3)n2)cc1Cl. The van der Waals surface area contributed by atoms with Gasteiger partial charge in [0.05, 0.1) is 5.02 Å². The number of nitrogens with one attached hydrogen (secondary N) is 2. The zero-order chi connectivity index (χ0) is 18.7. The van der Waals surface area contributed by atoms with Gasteiger partial charge in [-0.1, -0.05) is 30.9 Å². The van der Waals surface area contributed by atoms with Crippen molar-refractivity contribution in [3.05, 3.63) is 40.8 Å². The van der Waals surface area contributed by atoms with Crippen LogP contribution in [0.1, 0.15) is 37.8 Å². The zero-order valence-electron chi connectivity index (χ0n) is 13.7. The fourth-order valence-corrected chi connectivity index (χ4v) is 3.05. The summed E-state index contributed by atoms with van der Waals surface area (Å²) in [5, 5.41) is 5.57. The van der Waals surface area contributed by atoms with Crippen molar-refractivity contribution in [1.82, 2.24) is 9.97 Å². The lowest BCUT2D eigenvalue weighted by atomic mass is 9.96. The molecule has 1 heterocycles. The highest BCUT2D eigenvalue weighted by atomic mass is 35.5. The first-order valence-corrected chi connectivity index (χ1v) is 8.64. The summed E-state index contributed by atoms with van der Waals surface area (Å²) in [7, 11) is 0. The third-order valence-corrected chi connectivity index (χ3v) is 4.44. The molecule has 0 atom stereocenters. The molecule has 0 saturated heterocycles. The lowest BCUT2D eigenvalue weighted by Gasteiger charge is -2.23. The largest absolute Gasteiger partial charge is 0.433 e. The first-order valence-electron chi connectivity index (χ1n) is 8.26. The molecule has 1 aromatic carbocycles. The average molecular weight is 389 g/mol. The molecular formula is C17H17ClF4N4. The van der Waals surface area contributed by atoms with Crippen molar-refractivity contribution >= 4 is 29.1 Å². The summed E-state index contributed by atoms with van der Waals surface area (Å²) in [6, 6.07) is 4.63. The van der Waals surface area contributed by atoms with E-state index in [2.05, 4.69) is 20.6 Å². The highest BCUT2D eigenvalue weighted by molar-refractivity contribution is 6.31. The normalized spacial score (nSPS) is 15.7. The third kappa shape index (κ3) is 4.75. The summed E-state index contributed by atoms with van der Waals surface area (Å²) in [4.78, 5) is 7.72. The Labute approximate surface area is 153 Å². The quantitative estimate of drug-likeness (QED) is 0.652. The number of aromatic nitrogens is 2. The molecular weight excluding hydrogens is 372 g/mol. The van der Waals surface area contributed by atoms with Gasteiger partial charge in [-0.05, 0) is 31.0 Å². The molecule has 1 saturated carbocycles. The number of hydrogen-bond acceptors (Lipinski definition) is 4. The van der Waals surface area contributed by atoms with Crippen molar-refractivity contribution in [3.63, 3.8) is 0 Å². The van der Waals surface area contributed by atoms with Crippen LogP contribution in [0.5, 0.6) is 0 Å². The molecule has 1 aliphatic rings. The maximum atomic E-state index is 13.2. The molecule has 1 fully saturated rings. The fourth-order valence-electron chi connectivity index (χ4n) is 2.87. The van der Waals surface area contributed by atoms with Crippen LogP contribution in [0.15, 0.2) is 24.3 Å². The average Bonchev–Trinajstić information content (AvgIpc) is 2.58. The smallest absolute Gasteiger partial charge is 0.351 e. The molecule has 2 N–H and O–H groups in total. The number of anilines is 3. The van der Waals surface area contributed by atoms with E-state index in [4.69, 9.17) is 11.6 Å². The van der Waals surface area contributed by atoms with E-state index < -0.39 is 17.7 Å². The number of alkyl halides is 3. The van der Waals surface area contributed by atoms with Gasteiger partial charge in [-0.2, -0.15) is 18.2 Å². The van der Waals surface area contributed by atoms with Crippen LogP contribution < -0.4 is 10.6 Å². The molecule has 26 heavy (non-hydrogen) atoms. The highest BCUT2D eigenvalue weighted by Gasteiger charge is 2.34. The van der Waals surface area contributed by atoms with Gasteiger partial charge >= 0.3 is 6.18 Å². The van der Waals surface area contributed by atoms with Gasteiger partial charge < -0.3 is 10.6 Å². The number of benzene rings is 1. The van der Waals surface area contributed by atoms with Crippen molar-refractivity contribution in [2.75, 3.05) is 10.6 Å². The molecule has 0 spiro atoms. The second-order valence-electron chi connectivity index (χ2n) is 6.19. The van der Waals surface area contributed by atoms with Crippen molar-refractivity contribution in [3.8, 4) is 0 Å². The van der Waals surface area contributed by atoms with Crippen LogP contribution in [0.3, 0.4) is 0 Å². The van der Waals surface area contributed by atoms with E-state index in [1.54, 1.807) is 0 Å². The van der Waals surface area contributed by atoms with Gasteiger partial charge in [-0.3, -0.25) is 0 Å². The number of halogens is 5. The topological polar surface area (TPSA) is 49.8 Å². The molecule has 0 radical (unpaired) electrons. The summed E-state index contributed by atoms with van der Waals surface area (Å²) in [5.41, 5.74) is -0.728. The van der Waals surface area contributed by atoms with Crippen molar-refractivity contribution in [2.45, 2.75) is 44.3 Å². The molecule has 3 rings (SSSR count). The van der Waals surface area contributed by atoms with Crippen LogP contribution in [0.25, 0.3) is 0 Å². The van der Waals surface area contributed by atoms with E-state index in [0.717, 1.165) is 44.2 Å². The van der Waals surface area contributed by atoms with E-state index in [1.807, 2.05) is 0 Å². The van der Waals surface area contributed by atoms with Crippen molar-refractivity contribution < 1.29 is 17.6 Å². The highest BCUT2D eigenvalue weighted by Crippen LogP contribution is 2.31. The zero-order valence-corrected chi connectivity index (χ0v) is 14.5. The summed E-state index contributed by atoms with van der Waals surface area (Å²) in [5.74, 6) is -0.744. The van der Waals surface area contributed by atoms with Gasteiger partial charge in [-0.25, -0.2) is 9.37 Å². The van der Waals surface area contributed by atoms with E-state index in [-0.39, 0.29) is 22.8 Å². The van der Waals surface area contributed by atoms with Crippen LogP contribution in [0.2, 0.25) is 5.02 Å². The van der Waals surface area contributed by atoms with Crippen LogP contribution in [0.4, 0.5) is 35.0 Å². The fraction of sp³-hybridized carbons (Fsp3) is 0.412. The molecule has 4 nitrogen and oxygen atoms in total. The Kier molecular flexibility index (Phi) is 5.50. The minimum Gasteiger partial charge on any atom is -0.351 e. The lowest BCUT2D eigenvalue weighted by Crippen LogP contribution is -2.24. The standard InChI is InChI=1S/C17H17ClF4N4/c18-12-8-11(6-7-13(12)19)23-15-9-14(17(20,21)22)25-16(26-15)24-10-4-2-1-3-5-10/h6-10H,1-5H2,(H2,23,24,25,26). The molecule has 0 unspecified atom stereocenters. The van der Waals surface area contributed by atoms with Crippen LogP contribution in [-0.4, -0.2) is 16.0 Å². The van der Waals surface area contributed by atoms with Crippen molar-refractivity contribution in [2.24, 2.45) is 0 Å². The summed E-state index contributed by atoms with van der Waals surface area (Å²) >= 11 is 5.70. The summed E-state index contributed by atoms with van der Waals surface area (Å²) in [6.07, 6.45) is 0.306. The van der Waals surface area contributed by atoms with E-state index in [1.165, 1.54) is 12.1 Å². The van der Waals surface area contributed by atoms with Crippen LogP contribution in [-0.2, 0) is 6.18 Å². The molecule has 0 amide bonds. The molecule has 140 valence electrons. The minimum atomic E-state index is -4.61. The van der Waals surface area contributed by atoms with Gasteiger partial charge in [0.25, 0.3) is 0 Å². The van der Waals surface area contributed by atoms with Gasteiger partial charge in [0.15, 0.2) is 5.69 Å². The number of hydrogen-bond donors (Lipinski definition) is 2. The maximum Gasteiger partial charge on any atom is 0.433 e. The lowest BCUT2D eigenvalue weighted by molar-refractivity contribution is -0.141. The van der Waals surface area contributed by atoms with Crippen LogP contribution in [0, 0.1) is 5.82 Å². The Morgan fingerprint density at radius 1 is 1.04 bits per heavy atom. The maximum absolute atomic E-state index is 13.2. The second-order valence-corrected chi connectivity index (χ2v) is 6.60. The first-order chi connectivity index (χ1) is 12.3. The van der Waals surface area contributed by atoms with Gasteiger partial charge in [-0.15, -0.1) is 0 Å². The van der Waals surface area contributed by atoms with E-state index in [9.17, 15) is 17.6 Å². The molecule has 9 heteroatoms. The van der Waals surface area contributed by atoms with E-state index >= 15 is 0 Å². The molecule has 1 aliphatic carbocycles. The molecule has 2 aromatic rings. The number of nitrogens with zero attached hydrogens (tertiary/aromatic N) is 2. The van der Waals surface area contributed by atoms with Crippen molar-refractivity contribution in [1.29, 1.82) is 0 Å². The Hall–Kier alpha value is -2.09. The van der Waals surface area contributed by atoms with Gasteiger partial charge in [0, 0.05) is 17.8 Å². The Bertz CT molecular complexity index is 776. The van der Waals surface area contributed by atoms with Gasteiger partial charge in [0.2, 0.25) is 5.95 Å². The monoisotopic (exact) mass is 388 g/mol. The Morgan fingerprint density at radius 3 is 2.42 bits per heavy atom. The first kappa shape index (κ1) is 18.7. The third-order valence-electron chi connectivity index (χ3n) is 4.15. The van der Waals surface area contributed by atoms with Gasteiger partial charge in [0.1, 0.15) is 11.6 Å². The Balaban J connectivity index is 1.87. The second kappa shape index (κ2) is 7.65. The predicted molar refractivity (Wildman–Crippen MR) is 92.2 cm³/mol. The molecule has 1 aromatic heterocycles. The molecule has 0 bridgehead atoms. The molecule has 0 aliphatic heterocycles. The number of rotatable bonds is 4. The minimum absolute atomic E-state index is 0.0479. The summed E-state index contributed by atoms with van der Waals surface area (Å²) in [6.45, 7) is 0. The van der Waals surface area contributed by atoms with E-state index in [0.29, 0.717) is 5.69 Å². The summed E-state index contributed by atoms with van der Waals surface area (Å²) < 4.78 is 52.7.